The molecule has 0 aromatic carbocycles. The Balaban J connectivity index is 0. The van der Waals surface area contributed by atoms with E-state index in [0.29, 0.717) is 6.42 Å². The first-order valence-electron chi connectivity index (χ1n) is 10.1. The molecule has 0 bridgehead atoms. The standard InChI is InChI=1S/C20H43NO2.ClH/c1-4-5-6-7-8-9-10-11-12-13-14-15-16-20(23)17-19(18-22)21(2)3;/h19-20,22-23H,4-18H2,1-3H3;1H. The second-order valence-corrected chi connectivity index (χ2v) is 7.37. The maximum absolute atomic E-state index is 10.0. The molecule has 0 heterocycles. The number of rotatable bonds is 17. The summed E-state index contributed by atoms with van der Waals surface area (Å²) in [5.41, 5.74) is 0. The van der Waals surface area contributed by atoms with Crippen molar-refractivity contribution in [3.63, 3.8) is 0 Å². The first-order chi connectivity index (χ1) is 11.1. The molecular formula is C20H44ClNO2. The minimum atomic E-state index is -0.266. The van der Waals surface area contributed by atoms with Crippen LogP contribution in [0.1, 0.15) is 96.8 Å². The highest BCUT2D eigenvalue weighted by atomic mass is 35.5. The Kier molecular flexibility index (Phi) is 21.4. The number of aliphatic hydroxyl groups excluding tert-OH is 2. The molecule has 0 aromatic rings. The van der Waals surface area contributed by atoms with Gasteiger partial charge in [-0.1, -0.05) is 84.0 Å². The summed E-state index contributed by atoms with van der Waals surface area (Å²) in [6.45, 7) is 2.40. The maximum Gasteiger partial charge on any atom is 0.0587 e. The third-order valence-electron chi connectivity index (χ3n) is 4.88. The summed E-state index contributed by atoms with van der Waals surface area (Å²) in [5, 5.41) is 19.3. The lowest BCUT2D eigenvalue weighted by molar-refractivity contribution is 0.0843. The van der Waals surface area contributed by atoms with Gasteiger partial charge in [0.25, 0.3) is 0 Å². The number of halogens is 1. The summed E-state index contributed by atoms with van der Waals surface area (Å²) in [4.78, 5) is 1.99. The third kappa shape index (κ3) is 17.0. The number of aliphatic hydroxyl groups is 2. The average Bonchev–Trinajstić information content (AvgIpc) is 2.53. The fraction of sp³-hybridized carbons (Fsp3) is 1.00. The van der Waals surface area contributed by atoms with Crippen molar-refractivity contribution in [2.45, 2.75) is 109 Å². The lowest BCUT2D eigenvalue weighted by Gasteiger charge is -2.24. The van der Waals surface area contributed by atoms with E-state index in [1.807, 2.05) is 19.0 Å². The topological polar surface area (TPSA) is 43.7 Å². The van der Waals surface area contributed by atoms with Crippen LogP contribution in [0.2, 0.25) is 0 Å². The zero-order valence-electron chi connectivity index (χ0n) is 16.5. The Morgan fingerprint density at radius 3 is 1.54 bits per heavy atom. The Bertz CT molecular complexity index is 240. The van der Waals surface area contributed by atoms with Gasteiger partial charge in [-0.2, -0.15) is 0 Å². The van der Waals surface area contributed by atoms with Gasteiger partial charge < -0.3 is 15.1 Å². The Morgan fingerprint density at radius 1 is 0.750 bits per heavy atom. The van der Waals surface area contributed by atoms with Gasteiger partial charge in [-0.15, -0.1) is 12.4 Å². The Morgan fingerprint density at radius 2 is 1.17 bits per heavy atom. The summed E-state index contributed by atoms with van der Waals surface area (Å²) in [5.74, 6) is 0. The van der Waals surface area contributed by atoms with Crippen LogP contribution in [0.4, 0.5) is 0 Å². The normalized spacial score (nSPS) is 13.8. The van der Waals surface area contributed by atoms with Crippen molar-refractivity contribution in [1.82, 2.24) is 4.90 Å². The van der Waals surface area contributed by atoms with Crippen LogP contribution in [0.5, 0.6) is 0 Å². The van der Waals surface area contributed by atoms with E-state index in [1.165, 1.54) is 70.6 Å². The van der Waals surface area contributed by atoms with Gasteiger partial charge in [0, 0.05) is 6.04 Å². The number of likely N-dealkylation sites (N-methyl/N-ethyl adjacent to an activating group) is 1. The smallest absolute Gasteiger partial charge is 0.0587 e. The van der Waals surface area contributed by atoms with E-state index >= 15 is 0 Å². The van der Waals surface area contributed by atoms with Crippen molar-refractivity contribution in [3.8, 4) is 0 Å². The van der Waals surface area contributed by atoms with Crippen LogP contribution in [0.15, 0.2) is 0 Å². The van der Waals surface area contributed by atoms with Crippen LogP contribution in [0.3, 0.4) is 0 Å². The van der Waals surface area contributed by atoms with Crippen molar-refractivity contribution in [1.29, 1.82) is 0 Å². The van der Waals surface area contributed by atoms with Gasteiger partial charge in [0.2, 0.25) is 0 Å². The monoisotopic (exact) mass is 365 g/mol. The number of hydrogen-bond acceptors (Lipinski definition) is 3. The molecule has 0 saturated heterocycles. The zero-order chi connectivity index (χ0) is 17.3. The van der Waals surface area contributed by atoms with Crippen molar-refractivity contribution >= 4 is 12.4 Å². The zero-order valence-corrected chi connectivity index (χ0v) is 17.3. The van der Waals surface area contributed by atoms with Crippen LogP contribution in [-0.2, 0) is 0 Å². The van der Waals surface area contributed by atoms with E-state index in [-0.39, 0.29) is 31.2 Å². The molecule has 0 radical (unpaired) electrons. The van der Waals surface area contributed by atoms with Gasteiger partial charge in [-0.05, 0) is 26.9 Å². The summed E-state index contributed by atoms with van der Waals surface area (Å²) in [7, 11) is 3.91. The van der Waals surface area contributed by atoms with Gasteiger partial charge in [-0.3, -0.25) is 0 Å². The SMILES string of the molecule is CCCCCCCCCCCCCCC(O)CC(CO)N(C)C.Cl. The highest BCUT2D eigenvalue weighted by Gasteiger charge is 2.15. The average molecular weight is 366 g/mol. The number of nitrogens with zero attached hydrogens (tertiary/aromatic N) is 1. The molecular weight excluding hydrogens is 322 g/mol. The van der Waals surface area contributed by atoms with Crippen LogP contribution in [-0.4, -0.2) is 48.0 Å². The van der Waals surface area contributed by atoms with Gasteiger partial charge >= 0.3 is 0 Å². The van der Waals surface area contributed by atoms with Gasteiger partial charge in [-0.25, -0.2) is 0 Å². The molecule has 2 atom stereocenters. The minimum Gasteiger partial charge on any atom is -0.395 e. The molecule has 2 unspecified atom stereocenters. The van der Waals surface area contributed by atoms with E-state index in [9.17, 15) is 10.2 Å². The molecule has 4 heteroatoms. The fourth-order valence-electron chi connectivity index (χ4n) is 3.10. The molecule has 148 valence electrons. The molecule has 0 saturated carbocycles. The minimum absolute atomic E-state index is 0. The molecule has 24 heavy (non-hydrogen) atoms. The molecule has 0 aliphatic carbocycles. The van der Waals surface area contributed by atoms with Crippen molar-refractivity contribution in [2.75, 3.05) is 20.7 Å². The van der Waals surface area contributed by atoms with Crippen molar-refractivity contribution in [3.05, 3.63) is 0 Å². The predicted molar refractivity (Wildman–Crippen MR) is 108 cm³/mol. The molecule has 2 N–H and O–H groups in total. The lowest BCUT2D eigenvalue weighted by Crippen LogP contribution is -2.34. The van der Waals surface area contributed by atoms with Crippen molar-refractivity contribution < 1.29 is 10.2 Å². The largest absolute Gasteiger partial charge is 0.395 e. The molecule has 0 spiro atoms. The summed E-state index contributed by atoms with van der Waals surface area (Å²) in [6.07, 6.45) is 17.5. The van der Waals surface area contributed by atoms with Crippen LogP contribution in [0, 0.1) is 0 Å². The molecule has 0 aliphatic heterocycles. The second-order valence-electron chi connectivity index (χ2n) is 7.37. The number of hydrogen-bond donors (Lipinski definition) is 2. The molecule has 0 aliphatic rings. The van der Waals surface area contributed by atoms with Crippen LogP contribution >= 0.6 is 12.4 Å². The van der Waals surface area contributed by atoms with E-state index in [2.05, 4.69) is 6.92 Å². The van der Waals surface area contributed by atoms with Gasteiger partial charge in [0.15, 0.2) is 0 Å². The van der Waals surface area contributed by atoms with Gasteiger partial charge in [0.1, 0.15) is 0 Å². The highest BCUT2D eigenvalue weighted by Crippen LogP contribution is 2.14. The van der Waals surface area contributed by atoms with Crippen LogP contribution < -0.4 is 0 Å². The molecule has 0 rings (SSSR count). The van der Waals surface area contributed by atoms with Crippen molar-refractivity contribution in [2.24, 2.45) is 0 Å². The summed E-state index contributed by atoms with van der Waals surface area (Å²) >= 11 is 0. The Labute approximate surface area is 157 Å². The molecule has 0 aromatic heterocycles. The van der Waals surface area contributed by atoms with E-state index in [0.717, 1.165) is 12.8 Å². The van der Waals surface area contributed by atoms with E-state index in [1.54, 1.807) is 0 Å². The van der Waals surface area contributed by atoms with E-state index in [4.69, 9.17) is 0 Å². The molecule has 0 fully saturated rings. The van der Waals surface area contributed by atoms with Crippen LogP contribution in [0.25, 0.3) is 0 Å². The Hall–Kier alpha value is 0.170. The summed E-state index contributed by atoms with van der Waals surface area (Å²) in [6, 6.07) is 0.0855. The van der Waals surface area contributed by atoms with E-state index < -0.39 is 0 Å². The quantitative estimate of drug-likeness (QED) is 0.349. The highest BCUT2D eigenvalue weighted by molar-refractivity contribution is 5.85. The predicted octanol–water partition coefficient (Wildman–Crippen LogP) is 5.17. The fourth-order valence-corrected chi connectivity index (χ4v) is 3.10. The maximum atomic E-state index is 10.0. The molecule has 0 amide bonds. The second kappa shape index (κ2) is 19.5. The number of unbranched alkanes of at least 4 members (excludes halogenated alkanes) is 11. The summed E-state index contributed by atoms with van der Waals surface area (Å²) < 4.78 is 0. The lowest BCUT2D eigenvalue weighted by atomic mass is 10.0. The third-order valence-corrected chi connectivity index (χ3v) is 4.88. The first-order valence-corrected chi connectivity index (χ1v) is 10.1. The van der Waals surface area contributed by atoms with Gasteiger partial charge in [0.05, 0.1) is 12.7 Å². The first kappa shape index (κ1) is 26.4. The molecule has 3 nitrogen and oxygen atoms in total.